The number of benzene rings is 1. The molecule has 0 fully saturated rings. The van der Waals surface area contributed by atoms with Crippen LogP contribution in [0.1, 0.15) is 23.8 Å². The van der Waals surface area contributed by atoms with Crippen LogP contribution >= 0.6 is 11.3 Å². The number of aromatic nitrogens is 1. The standard InChI is InChI=1S/C14H19N3O2S2/c1-3-8-15-10-12-6-4-5-7-13(12)21(18,19)17-14-16-9-11(2)20-14/h4-7,9,15H,3,8,10H2,1-2H3,(H,16,17). The molecule has 1 aromatic carbocycles. The number of hydrogen-bond donors (Lipinski definition) is 2. The topological polar surface area (TPSA) is 71.1 Å². The molecular formula is C14H19N3O2S2. The van der Waals surface area contributed by atoms with Crippen LogP contribution in [-0.2, 0) is 16.6 Å². The minimum atomic E-state index is -3.61. The first-order chi connectivity index (χ1) is 10.0. The van der Waals surface area contributed by atoms with Crippen LogP contribution in [0.2, 0.25) is 0 Å². The zero-order chi connectivity index (χ0) is 15.3. The Morgan fingerprint density at radius 2 is 2.05 bits per heavy atom. The van der Waals surface area contributed by atoms with E-state index >= 15 is 0 Å². The second kappa shape index (κ2) is 7.02. The lowest BCUT2D eigenvalue weighted by molar-refractivity contribution is 0.597. The number of anilines is 1. The van der Waals surface area contributed by atoms with Gasteiger partial charge in [-0.2, -0.15) is 0 Å². The van der Waals surface area contributed by atoms with Crippen molar-refractivity contribution in [3.05, 3.63) is 40.9 Å². The molecule has 0 aliphatic carbocycles. The van der Waals surface area contributed by atoms with Crippen molar-refractivity contribution in [3.63, 3.8) is 0 Å². The van der Waals surface area contributed by atoms with Crippen molar-refractivity contribution in [2.24, 2.45) is 0 Å². The van der Waals surface area contributed by atoms with E-state index < -0.39 is 10.0 Å². The molecule has 1 aromatic heterocycles. The Labute approximate surface area is 129 Å². The molecule has 114 valence electrons. The average molecular weight is 325 g/mol. The molecule has 21 heavy (non-hydrogen) atoms. The van der Waals surface area contributed by atoms with E-state index in [1.54, 1.807) is 18.3 Å². The van der Waals surface area contributed by atoms with Gasteiger partial charge in [-0.1, -0.05) is 25.1 Å². The first-order valence-electron chi connectivity index (χ1n) is 6.77. The Bertz CT molecular complexity index is 696. The van der Waals surface area contributed by atoms with Crippen molar-refractivity contribution in [2.75, 3.05) is 11.3 Å². The van der Waals surface area contributed by atoms with E-state index in [1.165, 1.54) is 11.3 Å². The largest absolute Gasteiger partial charge is 0.313 e. The smallest absolute Gasteiger partial charge is 0.263 e. The summed E-state index contributed by atoms with van der Waals surface area (Å²) in [5.41, 5.74) is 0.756. The van der Waals surface area contributed by atoms with E-state index in [1.807, 2.05) is 19.1 Å². The fraction of sp³-hybridized carbons (Fsp3) is 0.357. The van der Waals surface area contributed by atoms with Crippen LogP contribution in [0.5, 0.6) is 0 Å². The van der Waals surface area contributed by atoms with E-state index in [4.69, 9.17) is 0 Å². The second-order valence-electron chi connectivity index (χ2n) is 4.67. The molecule has 0 radical (unpaired) electrons. The summed E-state index contributed by atoms with van der Waals surface area (Å²) in [7, 11) is -3.61. The van der Waals surface area contributed by atoms with Crippen molar-refractivity contribution < 1.29 is 8.42 Å². The van der Waals surface area contributed by atoms with Crippen LogP contribution in [-0.4, -0.2) is 19.9 Å². The summed E-state index contributed by atoms with van der Waals surface area (Å²) in [6.07, 6.45) is 2.66. The van der Waals surface area contributed by atoms with Gasteiger partial charge in [0.2, 0.25) is 0 Å². The van der Waals surface area contributed by atoms with Gasteiger partial charge in [0.25, 0.3) is 10.0 Å². The van der Waals surface area contributed by atoms with Gasteiger partial charge in [-0.05, 0) is 31.5 Å². The van der Waals surface area contributed by atoms with Gasteiger partial charge >= 0.3 is 0 Å². The van der Waals surface area contributed by atoms with E-state index in [9.17, 15) is 8.42 Å². The number of rotatable bonds is 7. The maximum absolute atomic E-state index is 12.5. The number of nitrogens with zero attached hydrogens (tertiary/aromatic N) is 1. The maximum atomic E-state index is 12.5. The third-order valence-electron chi connectivity index (χ3n) is 2.85. The van der Waals surface area contributed by atoms with E-state index in [-0.39, 0.29) is 0 Å². The monoisotopic (exact) mass is 325 g/mol. The van der Waals surface area contributed by atoms with Gasteiger partial charge in [-0.15, -0.1) is 11.3 Å². The molecule has 7 heteroatoms. The molecule has 1 heterocycles. The summed E-state index contributed by atoms with van der Waals surface area (Å²) in [5.74, 6) is 0. The number of sulfonamides is 1. The zero-order valence-electron chi connectivity index (χ0n) is 12.1. The third kappa shape index (κ3) is 4.26. The lowest BCUT2D eigenvalue weighted by Gasteiger charge is -2.11. The van der Waals surface area contributed by atoms with Crippen LogP contribution in [0.25, 0.3) is 0 Å². The highest BCUT2D eigenvalue weighted by atomic mass is 32.2. The Morgan fingerprint density at radius 1 is 1.29 bits per heavy atom. The Hall–Kier alpha value is -1.44. The van der Waals surface area contributed by atoms with Gasteiger partial charge in [-0.25, -0.2) is 13.4 Å². The first kappa shape index (κ1) is 15.9. The summed E-state index contributed by atoms with van der Waals surface area (Å²) in [4.78, 5) is 5.30. The Kier molecular flexibility index (Phi) is 5.33. The Morgan fingerprint density at radius 3 is 2.71 bits per heavy atom. The van der Waals surface area contributed by atoms with Gasteiger partial charge in [0.1, 0.15) is 0 Å². The molecule has 0 amide bonds. The van der Waals surface area contributed by atoms with Gasteiger partial charge in [0.15, 0.2) is 5.13 Å². The van der Waals surface area contributed by atoms with E-state index in [0.29, 0.717) is 16.6 Å². The molecule has 2 aromatic rings. The van der Waals surface area contributed by atoms with E-state index in [2.05, 4.69) is 21.9 Å². The van der Waals surface area contributed by atoms with Crippen LogP contribution in [0.15, 0.2) is 35.4 Å². The first-order valence-corrected chi connectivity index (χ1v) is 9.07. The van der Waals surface area contributed by atoms with Crippen molar-refractivity contribution in [3.8, 4) is 0 Å². The second-order valence-corrected chi connectivity index (χ2v) is 7.55. The van der Waals surface area contributed by atoms with Gasteiger partial charge < -0.3 is 5.32 Å². The summed E-state index contributed by atoms with van der Waals surface area (Å²) >= 11 is 1.32. The molecule has 0 spiro atoms. The maximum Gasteiger partial charge on any atom is 0.263 e. The predicted molar refractivity (Wildman–Crippen MR) is 86.1 cm³/mol. The summed E-state index contributed by atoms with van der Waals surface area (Å²) in [5, 5.41) is 3.62. The lowest BCUT2D eigenvalue weighted by Crippen LogP contribution is -2.19. The number of aryl methyl sites for hydroxylation is 1. The molecule has 0 atom stereocenters. The van der Waals surface area contributed by atoms with Crippen LogP contribution in [0, 0.1) is 6.92 Å². The number of hydrogen-bond acceptors (Lipinski definition) is 5. The fourth-order valence-electron chi connectivity index (χ4n) is 1.88. The predicted octanol–water partition coefficient (Wildman–Crippen LogP) is 2.75. The van der Waals surface area contributed by atoms with Crippen molar-refractivity contribution >= 4 is 26.5 Å². The molecule has 5 nitrogen and oxygen atoms in total. The summed E-state index contributed by atoms with van der Waals surface area (Å²) < 4.78 is 27.5. The molecule has 0 aliphatic rings. The fourth-order valence-corrected chi connectivity index (χ4v) is 4.03. The molecule has 0 unspecified atom stereocenters. The highest BCUT2D eigenvalue weighted by Crippen LogP contribution is 2.22. The molecule has 2 N–H and O–H groups in total. The molecule has 2 rings (SSSR count). The minimum Gasteiger partial charge on any atom is -0.313 e. The SMILES string of the molecule is CCCNCc1ccccc1S(=O)(=O)Nc1ncc(C)s1. The van der Waals surface area contributed by atoms with Crippen LogP contribution in [0.3, 0.4) is 0 Å². The molecule has 0 bridgehead atoms. The number of nitrogens with one attached hydrogen (secondary N) is 2. The highest BCUT2D eigenvalue weighted by molar-refractivity contribution is 7.93. The number of thiazole rings is 1. The van der Waals surface area contributed by atoms with E-state index in [0.717, 1.165) is 23.4 Å². The minimum absolute atomic E-state index is 0.293. The quantitative estimate of drug-likeness (QED) is 0.768. The van der Waals surface area contributed by atoms with Crippen molar-refractivity contribution in [2.45, 2.75) is 31.7 Å². The van der Waals surface area contributed by atoms with Crippen molar-refractivity contribution in [1.29, 1.82) is 0 Å². The van der Waals surface area contributed by atoms with Crippen LogP contribution < -0.4 is 10.0 Å². The van der Waals surface area contributed by atoms with Crippen molar-refractivity contribution in [1.82, 2.24) is 10.3 Å². The molecule has 0 aliphatic heterocycles. The highest BCUT2D eigenvalue weighted by Gasteiger charge is 2.19. The summed E-state index contributed by atoms with van der Waals surface area (Å²) in [6.45, 7) is 5.34. The zero-order valence-corrected chi connectivity index (χ0v) is 13.7. The van der Waals surface area contributed by atoms with Gasteiger partial charge in [0, 0.05) is 17.6 Å². The lowest BCUT2D eigenvalue weighted by atomic mass is 10.2. The molecular weight excluding hydrogens is 306 g/mol. The Balaban J connectivity index is 2.23. The molecule has 0 saturated carbocycles. The van der Waals surface area contributed by atoms with Gasteiger partial charge in [0.05, 0.1) is 4.90 Å². The van der Waals surface area contributed by atoms with Crippen LogP contribution in [0.4, 0.5) is 5.13 Å². The average Bonchev–Trinajstić information content (AvgIpc) is 2.84. The third-order valence-corrected chi connectivity index (χ3v) is 5.24. The normalized spacial score (nSPS) is 11.5. The van der Waals surface area contributed by atoms with Gasteiger partial charge in [-0.3, -0.25) is 4.72 Å². The molecule has 0 saturated heterocycles. The summed E-state index contributed by atoms with van der Waals surface area (Å²) in [6, 6.07) is 7.01.